The van der Waals surface area contributed by atoms with Gasteiger partial charge in [-0.3, -0.25) is 4.79 Å². The second kappa shape index (κ2) is 8.01. The molecule has 4 nitrogen and oxygen atoms in total. The predicted molar refractivity (Wildman–Crippen MR) is 96.9 cm³/mol. The Morgan fingerprint density at radius 2 is 1.88 bits per heavy atom. The smallest absolute Gasteiger partial charge is 0.257 e. The second-order valence-corrected chi connectivity index (χ2v) is 6.78. The molecule has 0 saturated carbocycles. The van der Waals surface area contributed by atoms with Gasteiger partial charge in [-0.15, -0.1) is 0 Å². The molecule has 0 bridgehead atoms. The van der Waals surface area contributed by atoms with Crippen molar-refractivity contribution in [1.29, 1.82) is 0 Å². The first kappa shape index (κ1) is 18.6. The summed E-state index contributed by atoms with van der Waals surface area (Å²) in [5.74, 6) is -1.24. The number of likely N-dealkylation sites (tertiary alicyclic amines) is 1. The lowest BCUT2D eigenvalue weighted by atomic mass is 10.1. The van der Waals surface area contributed by atoms with Gasteiger partial charge >= 0.3 is 0 Å². The maximum atomic E-state index is 13.9. The average Bonchev–Trinajstić information content (AvgIpc) is 2.56. The van der Waals surface area contributed by atoms with Crippen LogP contribution in [0.3, 0.4) is 0 Å². The summed E-state index contributed by atoms with van der Waals surface area (Å²) in [6.07, 6.45) is 1.74. The monoisotopic (exact) mass is 380 g/mol. The number of anilines is 1. The predicted octanol–water partition coefficient (Wildman–Crippen LogP) is 4.34. The van der Waals surface area contributed by atoms with Gasteiger partial charge in [0.05, 0.1) is 10.6 Å². The summed E-state index contributed by atoms with van der Waals surface area (Å²) in [6, 6.07) is 7.52. The molecular weight excluding hydrogens is 362 g/mol. The van der Waals surface area contributed by atoms with Crippen LogP contribution in [-0.2, 0) is 0 Å². The Balaban J connectivity index is 1.72. The number of benzene rings is 2. The first-order chi connectivity index (χ1) is 12.4. The summed E-state index contributed by atoms with van der Waals surface area (Å²) < 4.78 is 32.9. The van der Waals surface area contributed by atoms with Gasteiger partial charge in [0.1, 0.15) is 23.5 Å². The van der Waals surface area contributed by atoms with E-state index in [4.69, 9.17) is 16.3 Å². The van der Waals surface area contributed by atoms with Crippen molar-refractivity contribution in [2.75, 3.05) is 25.5 Å². The minimum absolute atomic E-state index is 0.0123. The summed E-state index contributed by atoms with van der Waals surface area (Å²) in [5, 5.41) is 2.56. The third-order valence-electron chi connectivity index (χ3n) is 4.27. The van der Waals surface area contributed by atoms with Crippen LogP contribution in [0.1, 0.15) is 23.2 Å². The lowest BCUT2D eigenvalue weighted by Gasteiger charge is -2.29. The molecule has 138 valence electrons. The topological polar surface area (TPSA) is 41.6 Å². The minimum atomic E-state index is -0.550. The molecule has 1 heterocycles. The van der Waals surface area contributed by atoms with E-state index in [1.807, 2.05) is 7.05 Å². The van der Waals surface area contributed by atoms with Crippen molar-refractivity contribution in [3.05, 3.63) is 58.6 Å². The maximum Gasteiger partial charge on any atom is 0.257 e. The summed E-state index contributed by atoms with van der Waals surface area (Å²) in [7, 11) is 2.05. The van der Waals surface area contributed by atoms with Crippen LogP contribution < -0.4 is 10.1 Å². The van der Waals surface area contributed by atoms with Gasteiger partial charge in [-0.25, -0.2) is 8.78 Å². The van der Waals surface area contributed by atoms with Crippen molar-refractivity contribution in [1.82, 2.24) is 4.90 Å². The summed E-state index contributed by atoms with van der Waals surface area (Å²) in [4.78, 5) is 14.5. The molecule has 2 aromatic carbocycles. The SMILES string of the molecule is CN1CCC(Oc2cc(F)cc(NC(=O)c3ccc(F)cc3Cl)c2)CC1. The lowest BCUT2D eigenvalue weighted by molar-refractivity contribution is 0.102. The molecule has 0 aliphatic carbocycles. The number of halogens is 3. The van der Waals surface area contributed by atoms with Crippen molar-refractivity contribution in [2.24, 2.45) is 0 Å². The van der Waals surface area contributed by atoms with Gasteiger partial charge in [0, 0.05) is 30.9 Å². The van der Waals surface area contributed by atoms with Crippen molar-refractivity contribution in [2.45, 2.75) is 18.9 Å². The van der Waals surface area contributed by atoms with E-state index in [-0.39, 0.29) is 22.4 Å². The fourth-order valence-corrected chi connectivity index (χ4v) is 3.12. The number of amides is 1. The van der Waals surface area contributed by atoms with Gasteiger partial charge in [-0.2, -0.15) is 0 Å². The molecule has 1 fully saturated rings. The molecule has 0 radical (unpaired) electrons. The molecule has 1 saturated heterocycles. The number of nitrogens with zero attached hydrogens (tertiary/aromatic N) is 1. The van der Waals surface area contributed by atoms with Crippen molar-refractivity contribution < 1.29 is 18.3 Å². The van der Waals surface area contributed by atoms with E-state index in [0.717, 1.165) is 38.1 Å². The van der Waals surface area contributed by atoms with Gasteiger partial charge in [0.15, 0.2) is 0 Å². The van der Waals surface area contributed by atoms with Gasteiger partial charge in [0.25, 0.3) is 5.91 Å². The lowest BCUT2D eigenvalue weighted by Crippen LogP contribution is -2.35. The molecule has 1 amide bonds. The molecule has 1 N–H and O–H groups in total. The van der Waals surface area contributed by atoms with E-state index >= 15 is 0 Å². The highest BCUT2D eigenvalue weighted by molar-refractivity contribution is 6.34. The fourth-order valence-electron chi connectivity index (χ4n) is 2.87. The summed E-state index contributed by atoms with van der Waals surface area (Å²) in [6.45, 7) is 1.85. The van der Waals surface area contributed by atoms with Crippen LogP contribution in [0.25, 0.3) is 0 Å². The normalized spacial score (nSPS) is 15.7. The van der Waals surface area contributed by atoms with E-state index in [2.05, 4.69) is 10.2 Å². The van der Waals surface area contributed by atoms with Crippen LogP contribution in [0.2, 0.25) is 5.02 Å². The first-order valence-corrected chi connectivity index (χ1v) is 8.71. The highest BCUT2D eigenvalue weighted by Gasteiger charge is 2.19. The minimum Gasteiger partial charge on any atom is -0.490 e. The molecule has 2 aromatic rings. The molecule has 3 rings (SSSR count). The Bertz CT molecular complexity index is 808. The number of hydrogen-bond acceptors (Lipinski definition) is 3. The van der Waals surface area contributed by atoms with Crippen LogP contribution >= 0.6 is 11.6 Å². The van der Waals surface area contributed by atoms with E-state index < -0.39 is 17.5 Å². The third-order valence-corrected chi connectivity index (χ3v) is 4.59. The zero-order valence-electron chi connectivity index (χ0n) is 14.3. The highest BCUT2D eigenvalue weighted by atomic mass is 35.5. The Kier molecular flexibility index (Phi) is 5.74. The highest BCUT2D eigenvalue weighted by Crippen LogP contribution is 2.25. The van der Waals surface area contributed by atoms with Gasteiger partial charge < -0.3 is 15.0 Å². The molecule has 26 heavy (non-hydrogen) atoms. The summed E-state index contributed by atoms with van der Waals surface area (Å²) >= 11 is 5.89. The second-order valence-electron chi connectivity index (χ2n) is 6.37. The van der Waals surface area contributed by atoms with Crippen LogP contribution in [0.15, 0.2) is 36.4 Å². The maximum absolute atomic E-state index is 13.9. The zero-order valence-corrected chi connectivity index (χ0v) is 15.0. The van der Waals surface area contributed by atoms with E-state index in [1.54, 1.807) is 6.07 Å². The van der Waals surface area contributed by atoms with Crippen molar-refractivity contribution in [3.8, 4) is 5.75 Å². The Labute approximate surface area is 155 Å². The number of piperidine rings is 1. The van der Waals surface area contributed by atoms with Gasteiger partial charge in [0.2, 0.25) is 0 Å². The molecule has 0 aromatic heterocycles. The van der Waals surface area contributed by atoms with Crippen LogP contribution in [-0.4, -0.2) is 37.0 Å². The zero-order chi connectivity index (χ0) is 18.7. The molecule has 1 aliphatic rings. The first-order valence-electron chi connectivity index (χ1n) is 8.33. The number of carbonyl (C=O) groups excluding carboxylic acids is 1. The molecule has 7 heteroatoms. The van der Waals surface area contributed by atoms with Crippen LogP contribution in [0, 0.1) is 11.6 Å². The van der Waals surface area contributed by atoms with Crippen LogP contribution in [0.4, 0.5) is 14.5 Å². The Morgan fingerprint density at radius 1 is 1.15 bits per heavy atom. The molecular formula is C19H19ClF2N2O2. The number of hydrogen-bond donors (Lipinski definition) is 1. The Hall–Kier alpha value is -2.18. The number of carbonyl (C=O) groups is 1. The molecule has 0 unspecified atom stereocenters. The third kappa shape index (κ3) is 4.71. The van der Waals surface area contributed by atoms with E-state index in [1.165, 1.54) is 18.2 Å². The molecule has 0 spiro atoms. The van der Waals surface area contributed by atoms with Crippen LogP contribution in [0.5, 0.6) is 5.75 Å². The largest absolute Gasteiger partial charge is 0.490 e. The van der Waals surface area contributed by atoms with E-state index in [9.17, 15) is 13.6 Å². The average molecular weight is 381 g/mol. The van der Waals surface area contributed by atoms with Gasteiger partial charge in [-0.05, 0) is 44.2 Å². The van der Waals surface area contributed by atoms with E-state index in [0.29, 0.717) is 5.75 Å². The molecule has 1 aliphatic heterocycles. The molecule has 0 atom stereocenters. The number of ether oxygens (including phenoxy) is 1. The number of nitrogens with one attached hydrogen (secondary N) is 1. The standard InChI is InChI=1S/C19H19ClF2N2O2/c1-24-6-4-15(5-7-24)26-16-9-13(22)8-14(11-16)23-19(25)17-3-2-12(21)10-18(17)20/h2-3,8-11,15H,4-7H2,1H3,(H,23,25). The summed E-state index contributed by atoms with van der Waals surface area (Å²) in [5.41, 5.74) is 0.355. The van der Waals surface area contributed by atoms with Gasteiger partial charge in [-0.1, -0.05) is 11.6 Å². The van der Waals surface area contributed by atoms with Crippen molar-refractivity contribution in [3.63, 3.8) is 0 Å². The fraction of sp³-hybridized carbons (Fsp3) is 0.316. The van der Waals surface area contributed by atoms with Crippen molar-refractivity contribution >= 4 is 23.2 Å². The Morgan fingerprint density at radius 3 is 2.58 bits per heavy atom. The quantitative estimate of drug-likeness (QED) is 0.857. The number of rotatable bonds is 4.